The molecular formula is C10H15NO. The highest BCUT2D eigenvalue weighted by molar-refractivity contribution is 5.82. The Hall–Kier alpha value is -0.530. The summed E-state index contributed by atoms with van der Waals surface area (Å²) in [6.45, 7) is 2.17. The minimum Gasteiger partial charge on any atom is -0.341 e. The first-order chi connectivity index (χ1) is 5.79. The molecule has 0 atom stereocenters. The molecule has 66 valence electrons. The summed E-state index contributed by atoms with van der Waals surface area (Å²) in [7, 11) is 0. The predicted octanol–water partition coefficient (Wildman–Crippen LogP) is 1.41. The average molecular weight is 165 g/mol. The van der Waals surface area contributed by atoms with Gasteiger partial charge in [-0.3, -0.25) is 4.79 Å². The third-order valence-corrected chi connectivity index (χ3v) is 3.71. The summed E-state index contributed by atoms with van der Waals surface area (Å²) in [5.41, 5.74) is 0.616. The van der Waals surface area contributed by atoms with Gasteiger partial charge in [-0.25, -0.2) is 0 Å². The number of amides is 1. The minimum absolute atomic E-state index is 0.433. The molecule has 2 saturated carbocycles. The molecule has 0 aromatic carbocycles. The molecule has 2 nitrogen and oxygen atoms in total. The number of rotatable bonds is 1. The van der Waals surface area contributed by atoms with E-state index in [0.29, 0.717) is 17.2 Å². The van der Waals surface area contributed by atoms with Gasteiger partial charge in [0.15, 0.2) is 0 Å². The van der Waals surface area contributed by atoms with Gasteiger partial charge in [-0.05, 0) is 25.7 Å². The first kappa shape index (κ1) is 6.93. The van der Waals surface area contributed by atoms with Crippen molar-refractivity contribution in [2.45, 2.75) is 32.1 Å². The van der Waals surface area contributed by atoms with Gasteiger partial charge in [0.25, 0.3) is 0 Å². The number of carbonyl (C=O) groups is 1. The van der Waals surface area contributed by atoms with E-state index in [1.165, 1.54) is 19.3 Å². The molecule has 1 spiro atoms. The van der Waals surface area contributed by atoms with Crippen LogP contribution in [-0.4, -0.2) is 23.9 Å². The van der Waals surface area contributed by atoms with Crippen LogP contribution in [-0.2, 0) is 4.79 Å². The molecule has 2 heteroatoms. The van der Waals surface area contributed by atoms with Gasteiger partial charge in [-0.15, -0.1) is 0 Å². The average Bonchev–Trinajstić information content (AvgIpc) is 2.59. The summed E-state index contributed by atoms with van der Waals surface area (Å²) < 4.78 is 0. The highest BCUT2D eigenvalue weighted by Gasteiger charge is 2.50. The zero-order valence-electron chi connectivity index (χ0n) is 7.38. The monoisotopic (exact) mass is 165 g/mol. The van der Waals surface area contributed by atoms with E-state index < -0.39 is 0 Å². The Balaban J connectivity index is 1.57. The summed E-state index contributed by atoms with van der Waals surface area (Å²) >= 11 is 0. The number of carbonyl (C=O) groups excluding carboxylic acids is 1. The Kier molecular flexibility index (Phi) is 1.18. The Bertz CT molecular complexity index is 220. The van der Waals surface area contributed by atoms with Gasteiger partial charge in [0.05, 0.1) is 0 Å². The molecule has 0 aromatic rings. The van der Waals surface area contributed by atoms with Crippen LogP contribution in [0.25, 0.3) is 0 Å². The second-order valence-corrected chi connectivity index (χ2v) is 4.82. The van der Waals surface area contributed by atoms with Crippen molar-refractivity contribution in [3.05, 3.63) is 0 Å². The quantitative estimate of drug-likeness (QED) is 0.575. The van der Waals surface area contributed by atoms with E-state index in [-0.39, 0.29) is 0 Å². The van der Waals surface area contributed by atoms with Crippen molar-refractivity contribution in [2.24, 2.45) is 11.3 Å². The molecule has 3 aliphatic rings. The Morgan fingerprint density at radius 1 is 1.25 bits per heavy atom. The molecule has 12 heavy (non-hydrogen) atoms. The number of nitrogens with zero attached hydrogens (tertiary/aromatic N) is 1. The summed E-state index contributed by atoms with van der Waals surface area (Å²) in [4.78, 5) is 13.6. The lowest BCUT2D eigenvalue weighted by Crippen LogP contribution is -2.61. The van der Waals surface area contributed by atoms with E-state index in [0.717, 1.165) is 25.9 Å². The van der Waals surface area contributed by atoms with Gasteiger partial charge in [-0.2, -0.15) is 0 Å². The maximum atomic E-state index is 11.5. The second kappa shape index (κ2) is 2.04. The molecule has 3 rings (SSSR count). The van der Waals surface area contributed by atoms with Gasteiger partial charge in [0.1, 0.15) is 0 Å². The van der Waals surface area contributed by atoms with E-state index in [1.807, 2.05) is 0 Å². The Labute approximate surface area is 72.9 Å². The standard InChI is InChI=1S/C10H15NO/c12-9(8-2-3-8)11-6-10(7-11)4-1-5-10/h8H,1-7H2. The minimum atomic E-state index is 0.433. The van der Waals surface area contributed by atoms with Crippen molar-refractivity contribution in [1.29, 1.82) is 0 Å². The van der Waals surface area contributed by atoms with Crippen LogP contribution in [0.2, 0.25) is 0 Å². The molecule has 0 bridgehead atoms. The van der Waals surface area contributed by atoms with E-state index in [4.69, 9.17) is 0 Å². The zero-order chi connectivity index (χ0) is 8.18. The SMILES string of the molecule is O=C(C1CC1)N1CC2(CCC2)C1. The van der Waals surface area contributed by atoms with Crippen molar-refractivity contribution in [2.75, 3.05) is 13.1 Å². The maximum absolute atomic E-state index is 11.5. The highest BCUT2D eigenvalue weighted by atomic mass is 16.2. The van der Waals surface area contributed by atoms with Crippen molar-refractivity contribution < 1.29 is 4.79 Å². The van der Waals surface area contributed by atoms with Gasteiger partial charge >= 0.3 is 0 Å². The fourth-order valence-corrected chi connectivity index (χ4v) is 2.50. The van der Waals surface area contributed by atoms with Crippen LogP contribution in [0.15, 0.2) is 0 Å². The predicted molar refractivity (Wildman–Crippen MR) is 45.6 cm³/mol. The molecule has 1 heterocycles. The van der Waals surface area contributed by atoms with Crippen LogP contribution in [0, 0.1) is 11.3 Å². The number of hydrogen-bond donors (Lipinski definition) is 0. The van der Waals surface area contributed by atoms with Gasteiger partial charge in [-0.1, -0.05) is 6.42 Å². The van der Waals surface area contributed by atoms with Crippen molar-refractivity contribution in [1.82, 2.24) is 4.90 Å². The molecule has 0 unspecified atom stereocenters. The normalized spacial score (nSPS) is 31.2. The molecule has 0 radical (unpaired) electrons. The molecular weight excluding hydrogens is 150 g/mol. The summed E-state index contributed by atoms with van der Waals surface area (Å²) in [6, 6.07) is 0. The van der Waals surface area contributed by atoms with Crippen LogP contribution >= 0.6 is 0 Å². The lowest BCUT2D eigenvalue weighted by molar-refractivity contribution is -0.151. The molecule has 1 saturated heterocycles. The highest BCUT2D eigenvalue weighted by Crippen LogP contribution is 2.49. The van der Waals surface area contributed by atoms with Crippen molar-refractivity contribution in [3.63, 3.8) is 0 Å². The van der Waals surface area contributed by atoms with Gasteiger partial charge < -0.3 is 4.90 Å². The van der Waals surface area contributed by atoms with Crippen molar-refractivity contribution in [3.8, 4) is 0 Å². The molecule has 3 fully saturated rings. The van der Waals surface area contributed by atoms with E-state index >= 15 is 0 Å². The summed E-state index contributed by atoms with van der Waals surface area (Å²) in [6.07, 6.45) is 6.46. The lowest BCUT2D eigenvalue weighted by atomic mass is 9.63. The zero-order valence-corrected chi connectivity index (χ0v) is 7.38. The third-order valence-electron chi connectivity index (χ3n) is 3.71. The van der Waals surface area contributed by atoms with Crippen LogP contribution < -0.4 is 0 Å². The van der Waals surface area contributed by atoms with Crippen LogP contribution in [0.4, 0.5) is 0 Å². The van der Waals surface area contributed by atoms with E-state index in [1.54, 1.807) is 0 Å². The summed E-state index contributed by atoms with van der Waals surface area (Å²) in [5.74, 6) is 0.884. The fraction of sp³-hybridized carbons (Fsp3) is 0.900. The van der Waals surface area contributed by atoms with Gasteiger partial charge in [0.2, 0.25) is 5.91 Å². The first-order valence-electron chi connectivity index (χ1n) is 5.08. The third kappa shape index (κ3) is 0.838. The summed E-state index contributed by atoms with van der Waals surface area (Å²) in [5, 5.41) is 0. The Morgan fingerprint density at radius 2 is 1.92 bits per heavy atom. The molecule has 1 aliphatic heterocycles. The lowest BCUT2D eigenvalue weighted by Gasteiger charge is -2.56. The number of likely N-dealkylation sites (tertiary alicyclic amines) is 1. The number of hydrogen-bond acceptors (Lipinski definition) is 1. The first-order valence-corrected chi connectivity index (χ1v) is 5.08. The van der Waals surface area contributed by atoms with Crippen molar-refractivity contribution >= 4 is 5.91 Å². The largest absolute Gasteiger partial charge is 0.341 e. The smallest absolute Gasteiger partial charge is 0.225 e. The second-order valence-electron chi connectivity index (χ2n) is 4.82. The fourth-order valence-electron chi connectivity index (χ4n) is 2.50. The van der Waals surface area contributed by atoms with Gasteiger partial charge in [0, 0.05) is 24.4 Å². The maximum Gasteiger partial charge on any atom is 0.225 e. The van der Waals surface area contributed by atoms with E-state index in [2.05, 4.69) is 4.90 Å². The van der Waals surface area contributed by atoms with Crippen LogP contribution in [0.5, 0.6) is 0 Å². The Morgan fingerprint density at radius 3 is 2.33 bits per heavy atom. The molecule has 0 aromatic heterocycles. The topological polar surface area (TPSA) is 20.3 Å². The molecule has 0 N–H and O–H groups in total. The van der Waals surface area contributed by atoms with Crippen LogP contribution in [0.1, 0.15) is 32.1 Å². The molecule has 2 aliphatic carbocycles. The molecule has 1 amide bonds. The van der Waals surface area contributed by atoms with E-state index in [9.17, 15) is 4.79 Å². The van der Waals surface area contributed by atoms with Crippen LogP contribution in [0.3, 0.4) is 0 Å².